The van der Waals surface area contributed by atoms with Gasteiger partial charge in [0.25, 0.3) is 0 Å². The fourth-order valence-corrected chi connectivity index (χ4v) is 2.54. The molecule has 0 unspecified atom stereocenters. The van der Waals surface area contributed by atoms with Crippen LogP contribution in [0, 0.1) is 0 Å². The molecule has 0 radical (unpaired) electrons. The van der Waals surface area contributed by atoms with Crippen molar-refractivity contribution in [3.05, 3.63) is 71.9 Å². The van der Waals surface area contributed by atoms with Crippen LogP contribution >= 0.6 is 0 Å². The number of para-hydroxylation sites is 1. The van der Waals surface area contributed by atoms with Crippen LogP contribution in [0.4, 0.5) is 18.9 Å². The minimum Gasteiger partial charge on any atom is -0.295 e. The summed E-state index contributed by atoms with van der Waals surface area (Å²) in [6.45, 7) is 0.543. The highest BCUT2D eigenvalue weighted by atomic mass is 19.4. The maximum atomic E-state index is 12.8. The number of nitrogens with zero attached hydrogens (tertiary/aromatic N) is 2. The summed E-state index contributed by atoms with van der Waals surface area (Å²) in [5, 5.41) is 3.90. The predicted octanol–water partition coefficient (Wildman–Crippen LogP) is 4.41. The lowest BCUT2D eigenvalue weighted by atomic mass is 10.0. The Labute approximate surface area is 127 Å². The van der Waals surface area contributed by atoms with E-state index in [9.17, 15) is 13.2 Å². The Morgan fingerprint density at radius 2 is 1.68 bits per heavy atom. The average Bonchev–Trinajstić information content (AvgIpc) is 2.89. The average molecular weight is 304 g/mol. The van der Waals surface area contributed by atoms with Crippen LogP contribution in [0.25, 0.3) is 5.57 Å². The van der Waals surface area contributed by atoms with Crippen molar-refractivity contribution in [2.75, 3.05) is 18.6 Å². The lowest BCUT2D eigenvalue weighted by Gasteiger charge is -2.27. The highest BCUT2D eigenvalue weighted by Gasteiger charge is 2.31. The largest absolute Gasteiger partial charge is 0.416 e. The molecule has 5 heteroatoms. The predicted molar refractivity (Wildman–Crippen MR) is 81.0 cm³/mol. The van der Waals surface area contributed by atoms with Gasteiger partial charge in [-0.15, -0.1) is 0 Å². The summed E-state index contributed by atoms with van der Waals surface area (Å²) in [6, 6.07) is 15.2. The van der Waals surface area contributed by atoms with E-state index in [1.807, 2.05) is 53.6 Å². The van der Waals surface area contributed by atoms with Gasteiger partial charge in [0.1, 0.15) is 0 Å². The van der Waals surface area contributed by atoms with Gasteiger partial charge in [0, 0.05) is 13.2 Å². The van der Waals surface area contributed by atoms with Crippen LogP contribution in [-0.4, -0.2) is 18.6 Å². The maximum Gasteiger partial charge on any atom is 0.416 e. The van der Waals surface area contributed by atoms with Gasteiger partial charge in [0.15, 0.2) is 0 Å². The zero-order valence-electron chi connectivity index (χ0n) is 12.0. The Kier molecular flexibility index (Phi) is 3.56. The van der Waals surface area contributed by atoms with Crippen LogP contribution in [0.3, 0.4) is 0 Å². The molecule has 114 valence electrons. The van der Waals surface area contributed by atoms with Gasteiger partial charge in [-0.05, 0) is 35.4 Å². The first-order valence-electron chi connectivity index (χ1n) is 6.89. The van der Waals surface area contributed by atoms with Crippen molar-refractivity contribution >= 4 is 11.3 Å². The Balaban J connectivity index is 1.87. The summed E-state index contributed by atoms with van der Waals surface area (Å²) in [5.74, 6) is 0. The number of hydrazine groups is 1. The molecule has 0 N–H and O–H groups in total. The van der Waals surface area contributed by atoms with E-state index in [1.165, 1.54) is 12.1 Å². The summed E-state index contributed by atoms with van der Waals surface area (Å²) >= 11 is 0. The standard InChI is InChI=1S/C17H15F3N2/c1-21-11-14(12-22(21)16-8-3-2-4-9-16)13-6-5-7-15(10-13)17(18,19)20/h2-11H,12H2,1H3. The van der Waals surface area contributed by atoms with Crippen LogP contribution < -0.4 is 5.01 Å². The van der Waals surface area contributed by atoms with Crippen LogP contribution in [0.1, 0.15) is 11.1 Å². The molecule has 22 heavy (non-hydrogen) atoms. The lowest BCUT2D eigenvalue weighted by Crippen LogP contribution is -2.31. The number of hydrogen-bond acceptors (Lipinski definition) is 2. The molecule has 3 rings (SSSR count). The molecule has 0 saturated heterocycles. The highest BCUT2D eigenvalue weighted by molar-refractivity contribution is 5.73. The van der Waals surface area contributed by atoms with Gasteiger partial charge in [-0.2, -0.15) is 13.2 Å². The van der Waals surface area contributed by atoms with E-state index in [0.717, 1.165) is 17.3 Å². The Morgan fingerprint density at radius 1 is 0.955 bits per heavy atom. The number of anilines is 1. The van der Waals surface area contributed by atoms with Crippen LogP contribution in [-0.2, 0) is 6.18 Å². The third-order valence-corrected chi connectivity index (χ3v) is 3.66. The molecule has 0 spiro atoms. The number of alkyl halides is 3. The number of hydrogen-bond donors (Lipinski definition) is 0. The summed E-state index contributed by atoms with van der Waals surface area (Å²) in [4.78, 5) is 0. The van der Waals surface area contributed by atoms with Gasteiger partial charge < -0.3 is 0 Å². The van der Waals surface area contributed by atoms with E-state index >= 15 is 0 Å². The first kappa shape index (κ1) is 14.5. The number of halogens is 3. The third-order valence-electron chi connectivity index (χ3n) is 3.66. The molecule has 0 aliphatic carbocycles. The van der Waals surface area contributed by atoms with Crippen molar-refractivity contribution in [1.29, 1.82) is 0 Å². The summed E-state index contributed by atoms with van der Waals surface area (Å²) in [6.07, 6.45) is -2.46. The van der Waals surface area contributed by atoms with E-state index in [1.54, 1.807) is 6.07 Å². The molecule has 0 saturated carbocycles. The second kappa shape index (κ2) is 5.40. The molecule has 1 aliphatic rings. The summed E-state index contributed by atoms with van der Waals surface area (Å²) in [7, 11) is 1.88. The molecule has 0 fully saturated rings. The molecule has 2 aromatic carbocycles. The van der Waals surface area contributed by atoms with E-state index in [4.69, 9.17) is 0 Å². The maximum absolute atomic E-state index is 12.8. The van der Waals surface area contributed by atoms with E-state index < -0.39 is 11.7 Å². The van der Waals surface area contributed by atoms with Crippen molar-refractivity contribution in [3.8, 4) is 0 Å². The van der Waals surface area contributed by atoms with Crippen molar-refractivity contribution in [3.63, 3.8) is 0 Å². The lowest BCUT2D eigenvalue weighted by molar-refractivity contribution is -0.137. The molecule has 2 aromatic rings. The zero-order chi connectivity index (χ0) is 15.7. The molecular weight excluding hydrogens is 289 g/mol. The second-order valence-electron chi connectivity index (χ2n) is 5.20. The van der Waals surface area contributed by atoms with Crippen molar-refractivity contribution in [1.82, 2.24) is 5.01 Å². The Hall–Kier alpha value is -2.43. The molecule has 1 heterocycles. The van der Waals surface area contributed by atoms with Gasteiger partial charge in [0.2, 0.25) is 0 Å². The van der Waals surface area contributed by atoms with Gasteiger partial charge >= 0.3 is 6.18 Å². The highest BCUT2D eigenvalue weighted by Crippen LogP contribution is 2.33. The molecule has 0 atom stereocenters. The van der Waals surface area contributed by atoms with Gasteiger partial charge in [-0.3, -0.25) is 10.0 Å². The molecule has 2 nitrogen and oxygen atoms in total. The van der Waals surface area contributed by atoms with Gasteiger partial charge in [-0.25, -0.2) is 0 Å². The SMILES string of the molecule is CN1C=C(c2cccc(C(F)(F)F)c2)CN1c1ccccc1. The van der Waals surface area contributed by atoms with E-state index in [-0.39, 0.29) is 0 Å². The van der Waals surface area contributed by atoms with Crippen LogP contribution in [0.2, 0.25) is 0 Å². The first-order chi connectivity index (χ1) is 10.4. The summed E-state index contributed by atoms with van der Waals surface area (Å²) in [5.41, 5.74) is 1.84. The van der Waals surface area contributed by atoms with Gasteiger partial charge in [0.05, 0.1) is 17.8 Å². The first-order valence-corrected chi connectivity index (χ1v) is 6.89. The monoisotopic (exact) mass is 304 g/mol. The van der Waals surface area contributed by atoms with E-state index in [0.29, 0.717) is 12.1 Å². The minimum absolute atomic E-state index is 0.543. The Bertz CT molecular complexity index is 693. The van der Waals surface area contributed by atoms with E-state index in [2.05, 4.69) is 0 Å². The zero-order valence-corrected chi connectivity index (χ0v) is 12.0. The Morgan fingerprint density at radius 3 is 2.36 bits per heavy atom. The topological polar surface area (TPSA) is 6.48 Å². The van der Waals surface area contributed by atoms with Crippen LogP contribution in [0.15, 0.2) is 60.8 Å². The number of rotatable bonds is 2. The molecule has 1 aliphatic heterocycles. The van der Waals surface area contributed by atoms with Crippen LogP contribution in [0.5, 0.6) is 0 Å². The summed E-state index contributed by atoms with van der Waals surface area (Å²) < 4.78 is 38.5. The smallest absolute Gasteiger partial charge is 0.295 e. The van der Waals surface area contributed by atoms with Gasteiger partial charge in [-0.1, -0.05) is 30.3 Å². The normalized spacial score (nSPS) is 15.2. The fraction of sp³-hybridized carbons (Fsp3) is 0.176. The number of benzene rings is 2. The third kappa shape index (κ3) is 2.79. The molecular formula is C17H15F3N2. The molecule has 0 aromatic heterocycles. The quantitative estimate of drug-likeness (QED) is 0.810. The van der Waals surface area contributed by atoms with Crippen molar-refractivity contribution < 1.29 is 13.2 Å². The second-order valence-corrected chi connectivity index (χ2v) is 5.20. The fourth-order valence-electron chi connectivity index (χ4n) is 2.54. The molecule has 0 bridgehead atoms. The van der Waals surface area contributed by atoms with Crippen molar-refractivity contribution in [2.24, 2.45) is 0 Å². The van der Waals surface area contributed by atoms with Crippen molar-refractivity contribution in [2.45, 2.75) is 6.18 Å². The minimum atomic E-state index is -4.32. The molecule has 0 amide bonds.